The lowest BCUT2D eigenvalue weighted by atomic mass is 10.1. The third kappa shape index (κ3) is 2.43. The van der Waals surface area contributed by atoms with Crippen molar-refractivity contribution >= 4 is 17.6 Å². The van der Waals surface area contributed by atoms with Gasteiger partial charge in [0.2, 0.25) is 12.1 Å². The molecule has 0 spiro atoms. The van der Waals surface area contributed by atoms with Gasteiger partial charge in [-0.2, -0.15) is 5.10 Å². The van der Waals surface area contributed by atoms with Gasteiger partial charge >= 0.3 is 11.8 Å². The van der Waals surface area contributed by atoms with Gasteiger partial charge in [-0.3, -0.25) is 9.25 Å². The molecular weight excluding hydrogens is 268 g/mol. The summed E-state index contributed by atoms with van der Waals surface area (Å²) >= 11 is 0. The summed E-state index contributed by atoms with van der Waals surface area (Å²) in [5.74, 6) is -1.58. The predicted molar refractivity (Wildman–Crippen MR) is 67.1 cm³/mol. The van der Waals surface area contributed by atoms with E-state index in [9.17, 15) is 20.0 Å². The predicted octanol–water partition coefficient (Wildman–Crippen LogP) is 0.300. The molecule has 2 aromatic rings. The average molecular weight is 280 g/mol. The van der Waals surface area contributed by atoms with E-state index in [1.807, 2.05) is 0 Å². The number of aryl methyl sites for hydroxylation is 2. The molecule has 0 aromatic carbocycles. The highest BCUT2D eigenvalue weighted by atomic mass is 16.6. The SMILES string of the molecule is Cn1cc(C(Nc2c([N+](=O)[O-])ncn2C)C(=O)O)cn1. The highest BCUT2D eigenvalue weighted by Crippen LogP contribution is 2.26. The molecular formula is C10H12N6O4. The minimum Gasteiger partial charge on any atom is -0.479 e. The van der Waals surface area contributed by atoms with Crippen molar-refractivity contribution in [3.05, 3.63) is 34.4 Å². The van der Waals surface area contributed by atoms with Crippen LogP contribution in [0.5, 0.6) is 0 Å². The molecule has 0 aliphatic carbocycles. The smallest absolute Gasteiger partial charge is 0.406 e. The maximum Gasteiger partial charge on any atom is 0.406 e. The van der Waals surface area contributed by atoms with E-state index >= 15 is 0 Å². The maximum atomic E-state index is 11.3. The molecule has 0 bridgehead atoms. The van der Waals surface area contributed by atoms with Crippen LogP contribution in [-0.2, 0) is 18.9 Å². The van der Waals surface area contributed by atoms with Crippen LogP contribution in [-0.4, -0.2) is 35.3 Å². The van der Waals surface area contributed by atoms with E-state index in [1.54, 1.807) is 7.05 Å². The van der Waals surface area contributed by atoms with Crippen LogP contribution in [0.15, 0.2) is 18.7 Å². The van der Waals surface area contributed by atoms with Gasteiger partial charge in [0, 0.05) is 25.9 Å². The average Bonchev–Trinajstić information content (AvgIpc) is 2.92. The Bertz CT molecular complexity index is 661. The summed E-state index contributed by atoms with van der Waals surface area (Å²) in [6.45, 7) is 0. The Labute approximate surface area is 112 Å². The summed E-state index contributed by atoms with van der Waals surface area (Å²) in [4.78, 5) is 25.1. The van der Waals surface area contributed by atoms with Gasteiger partial charge in [0.05, 0.1) is 6.20 Å². The zero-order valence-electron chi connectivity index (χ0n) is 10.7. The lowest BCUT2D eigenvalue weighted by molar-refractivity contribution is -0.388. The quantitative estimate of drug-likeness (QED) is 0.595. The minimum atomic E-state index is -1.17. The van der Waals surface area contributed by atoms with Crippen LogP contribution in [0.1, 0.15) is 11.6 Å². The molecule has 2 N–H and O–H groups in total. The van der Waals surface area contributed by atoms with Gasteiger partial charge in [-0.1, -0.05) is 0 Å². The van der Waals surface area contributed by atoms with Crippen LogP contribution >= 0.6 is 0 Å². The van der Waals surface area contributed by atoms with Crippen LogP contribution in [0, 0.1) is 10.1 Å². The van der Waals surface area contributed by atoms with E-state index in [-0.39, 0.29) is 5.82 Å². The second kappa shape index (κ2) is 4.99. The highest BCUT2D eigenvalue weighted by molar-refractivity contribution is 5.79. The number of rotatable bonds is 5. The van der Waals surface area contributed by atoms with Gasteiger partial charge < -0.3 is 20.5 Å². The number of imidazole rings is 1. The number of aliphatic carboxylic acids is 1. The number of carboxylic acids is 1. The van der Waals surface area contributed by atoms with Crippen molar-refractivity contribution in [2.24, 2.45) is 14.1 Å². The Kier molecular flexibility index (Phi) is 3.37. The van der Waals surface area contributed by atoms with E-state index < -0.39 is 22.8 Å². The molecule has 2 rings (SSSR count). The Morgan fingerprint density at radius 1 is 1.55 bits per heavy atom. The Balaban J connectivity index is 2.37. The molecule has 0 fully saturated rings. The first-order chi connectivity index (χ1) is 9.40. The Morgan fingerprint density at radius 2 is 2.25 bits per heavy atom. The summed E-state index contributed by atoms with van der Waals surface area (Å²) in [5.41, 5.74) is 0.385. The van der Waals surface area contributed by atoms with E-state index in [0.717, 1.165) is 0 Å². The van der Waals surface area contributed by atoms with Crippen molar-refractivity contribution in [3.63, 3.8) is 0 Å². The summed E-state index contributed by atoms with van der Waals surface area (Å²) in [7, 11) is 3.18. The summed E-state index contributed by atoms with van der Waals surface area (Å²) in [5, 5.41) is 26.6. The number of aromatic nitrogens is 4. The first-order valence-electron chi connectivity index (χ1n) is 5.53. The zero-order valence-corrected chi connectivity index (χ0v) is 10.7. The lowest BCUT2D eigenvalue weighted by Crippen LogP contribution is -2.21. The summed E-state index contributed by atoms with van der Waals surface area (Å²) in [6, 6.07) is -1.15. The van der Waals surface area contributed by atoms with Gasteiger partial charge in [-0.05, 0) is 9.91 Å². The number of carboxylic acid groups (broad SMARTS) is 1. The van der Waals surface area contributed by atoms with Crippen molar-refractivity contribution in [3.8, 4) is 0 Å². The zero-order chi connectivity index (χ0) is 14.9. The van der Waals surface area contributed by atoms with E-state index in [1.165, 1.54) is 35.0 Å². The van der Waals surface area contributed by atoms with Crippen LogP contribution in [0.25, 0.3) is 0 Å². The molecule has 1 unspecified atom stereocenters. The third-order valence-electron chi connectivity index (χ3n) is 2.68. The first kappa shape index (κ1) is 13.5. The van der Waals surface area contributed by atoms with Gasteiger partial charge in [-0.25, -0.2) is 4.79 Å². The fraction of sp³-hybridized carbons (Fsp3) is 0.300. The second-order valence-corrected chi connectivity index (χ2v) is 4.15. The number of hydrogen-bond donors (Lipinski definition) is 2. The monoisotopic (exact) mass is 280 g/mol. The van der Waals surface area contributed by atoms with E-state index in [2.05, 4.69) is 15.4 Å². The van der Waals surface area contributed by atoms with Crippen LogP contribution in [0.2, 0.25) is 0 Å². The first-order valence-corrected chi connectivity index (χ1v) is 5.53. The molecule has 10 heteroatoms. The van der Waals surface area contributed by atoms with Crippen molar-refractivity contribution in [2.45, 2.75) is 6.04 Å². The molecule has 106 valence electrons. The molecule has 2 aromatic heterocycles. The number of carbonyl (C=O) groups is 1. The number of nitrogens with zero attached hydrogens (tertiary/aromatic N) is 5. The highest BCUT2D eigenvalue weighted by Gasteiger charge is 2.28. The van der Waals surface area contributed by atoms with Gasteiger partial charge in [-0.15, -0.1) is 0 Å². The summed E-state index contributed by atoms with van der Waals surface area (Å²) in [6.07, 6.45) is 4.14. The molecule has 0 amide bonds. The molecule has 0 radical (unpaired) electrons. The molecule has 1 atom stereocenters. The normalized spacial score (nSPS) is 12.1. The van der Waals surface area contributed by atoms with Crippen LogP contribution in [0.3, 0.4) is 0 Å². The van der Waals surface area contributed by atoms with Crippen molar-refractivity contribution in [1.29, 1.82) is 0 Å². The summed E-state index contributed by atoms with van der Waals surface area (Å²) < 4.78 is 2.80. The molecule has 0 saturated heterocycles. The number of nitrogens with one attached hydrogen (secondary N) is 1. The van der Waals surface area contributed by atoms with E-state index in [4.69, 9.17) is 0 Å². The number of anilines is 1. The fourth-order valence-electron chi connectivity index (χ4n) is 1.73. The minimum absolute atomic E-state index is 0.0197. The molecule has 0 saturated carbocycles. The fourth-order valence-corrected chi connectivity index (χ4v) is 1.73. The van der Waals surface area contributed by atoms with E-state index in [0.29, 0.717) is 5.56 Å². The van der Waals surface area contributed by atoms with Crippen molar-refractivity contribution in [1.82, 2.24) is 19.3 Å². The van der Waals surface area contributed by atoms with Gasteiger partial charge in [0.1, 0.15) is 0 Å². The standard InChI is InChI=1S/C10H12N6O4/c1-14-5-11-8(16(19)20)9(14)13-7(10(17)18)6-3-12-15(2)4-6/h3-5,7,13H,1-2H3,(H,17,18). The molecule has 0 aliphatic rings. The lowest BCUT2D eigenvalue weighted by Gasteiger charge is -2.13. The third-order valence-corrected chi connectivity index (χ3v) is 2.68. The maximum absolute atomic E-state index is 11.3. The van der Waals surface area contributed by atoms with Crippen molar-refractivity contribution < 1.29 is 14.8 Å². The topological polar surface area (TPSA) is 128 Å². The molecule has 2 heterocycles. The largest absolute Gasteiger partial charge is 0.479 e. The Hall–Kier alpha value is -2.91. The molecule has 10 nitrogen and oxygen atoms in total. The number of nitro groups is 1. The molecule has 20 heavy (non-hydrogen) atoms. The second-order valence-electron chi connectivity index (χ2n) is 4.15. The van der Waals surface area contributed by atoms with Gasteiger partial charge in [0.15, 0.2) is 6.04 Å². The number of hydrogen-bond acceptors (Lipinski definition) is 6. The van der Waals surface area contributed by atoms with Crippen LogP contribution in [0.4, 0.5) is 11.6 Å². The van der Waals surface area contributed by atoms with Crippen molar-refractivity contribution in [2.75, 3.05) is 5.32 Å². The molecule has 0 aliphatic heterocycles. The van der Waals surface area contributed by atoms with Crippen LogP contribution < -0.4 is 5.32 Å². The van der Waals surface area contributed by atoms with Gasteiger partial charge in [0.25, 0.3) is 0 Å². The Morgan fingerprint density at radius 3 is 2.75 bits per heavy atom.